The monoisotopic (exact) mass is 472 g/mol. The fourth-order valence-electron chi connectivity index (χ4n) is 2.90. The Morgan fingerprint density at radius 1 is 0.688 bits per heavy atom. The molecule has 0 amide bonds. The van der Waals surface area contributed by atoms with Crippen molar-refractivity contribution in [3.63, 3.8) is 0 Å². The van der Waals surface area contributed by atoms with Crippen LogP contribution in [0.2, 0.25) is 0 Å². The molecule has 4 N–H and O–H groups in total. The van der Waals surface area contributed by atoms with E-state index in [2.05, 4.69) is 6.92 Å². The van der Waals surface area contributed by atoms with Gasteiger partial charge in [-0.1, -0.05) is 110 Å². The van der Waals surface area contributed by atoms with E-state index in [1.54, 1.807) is 0 Å². The molecule has 0 aromatic rings. The summed E-state index contributed by atoms with van der Waals surface area (Å²) in [7, 11) is 0. The molecule has 0 heterocycles. The van der Waals surface area contributed by atoms with Crippen LogP contribution < -0.4 is 34.7 Å². The van der Waals surface area contributed by atoms with Gasteiger partial charge in [-0.15, -0.1) is 0 Å². The third-order valence-electron chi connectivity index (χ3n) is 4.80. The molecule has 0 aliphatic carbocycles. The van der Waals surface area contributed by atoms with Crippen LogP contribution >= 0.6 is 0 Å². The number of carboxylic acid groups (broad SMARTS) is 1. The van der Waals surface area contributed by atoms with Gasteiger partial charge in [0.2, 0.25) is 0 Å². The van der Waals surface area contributed by atoms with E-state index in [1.807, 2.05) is 6.92 Å². The topological polar surface area (TPSA) is 121 Å². The van der Waals surface area contributed by atoms with E-state index in [0.29, 0.717) is 6.42 Å². The minimum atomic E-state index is -1.10. The van der Waals surface area contributed by atoms with Crippen LogP contribution in [-0.4, -0.2) is 45.4 Å². The van der Waals surface area contributed by atoms with Gasteiger partial charge < -0.3 is 30.3 Å². The standard InChI is InChI=1S/C18H36O2.C4H10O2.C3H8O2.Na/c1-2-3-4-5-6-7-8-9-10-11-12-13-14-15-16-17-18(19)20;1-2-3-4(5)6;1-3(5)2-4;/h2-17H2,1H3,(H,19,20);4-6H,2-3H2,1H3;3-5H,2H2,1H3;/q;;;+1/p-1. The molecular weight excluding hydrogens is 419 g/mol. The van der Waals surface area contributed by atoms with Crippen LogP contribution in [0, 0.1) is 0 Å². The number of carboxylic acids is 1. The molecule has 7 heteroatoms. The van der Waals surface area contributed by atoms with Crippen molar-refractivity contribution >= 4 is 5.97 Å². The zero-order valence-corrected chi connectivity index (χ0v) is 23.7. The van der Waals surface area contributed by atoms with Crippen molar-refractivity contribution in [1.82, 2.24) is 0 Å². The van der Waals surface area contributed by atoms with Gasteiger partial charge in [-0.2, -0.15) is 0 Å². The Bertz CT molecular complexity index is 328. The molecule has 0 radical (unpaired) electrons. The van der Waals surface area contributed by atoms with Crippen LogP contribution in [0.3, 0.4) is 0 Å². The Labute approximate surface area is 220 Å². The number of aliphatic hydroxyl groups excluding tert-OH is 3. The van der Waals surface area contributed by atoms with Crippen LogP contribution in [0.4, 0.5) is 0 Å². The first kappa shape index (κ1) is 39.5. The van der Waals surface area contributed by atoms with Crippen molar-refractivity contribution < 1.29 is 59.9 Å². The number of rotatable bonds is 19. The summed E-state index contributed by atoms with van der Waals surface area (Å²) in [5.74, 6) is -0.903. The second-order valence-corrected chi connectivity index (χ2v) is 8.37. The zero-order chi connectivity index (χ0) is 24.2. The number of aliphatic carboxylic acids is 1. The molecule has 190 valence electrons. The quantitative estimate of drug-likeness (QED) is 0.128. The van der Waals surface area contributed by atoms with E-state index in [1.165, 1.54) is 90.4 Å². The van der Waals surface area contributed by atoms with Crippen LogP contribution in [0.25, 0.3) is 0 Å². The van der Waals surface area contributed by atoms with Gasteiger partial charge in [0, 0.05) is 5.97 Å². The minimum Gasteiger partial charge on any atom is -0.550 e. The van der Waals surface area contributed by atoms with Crippen molar-refractivity contribution in [2.45, 2.75) is 149 Å². The summed E-state index contributed by atoms with van der Waals surface area (Å²) in [6.45, 7) is 5.56. The maximum atomic E-state index is 10.2. The third kappa shape index (κ3) is 52.3. The van der Waals surface area contributed by atoms with Crippen molar-refractivity contribution in [1.29, 1.82) is 0 Å². The van der Waals surface area contributed by atoms with Gasteiger partial charge in [-0.05, 0) is 26.2 Å². The average Bonchev–Trinajstić information content (AvgIpc) is 2.71. The van der Waals surface area contributed by atoms with Gasteiger partial charge in [0.05, 0.1) is 12.7 Å². The second-order valence-electron chi connectivity index (χ2n) is 8.37. The second kappa shape index (κ2) is 35.9. The van der Waals surface area contributed by atoms with Crippen LogP contribution in [0.5, 0.6) is 0 Å². The van der Waals surface area contributed by atoms with E-state index >= 15 is 0 Å². The Hall–Kier alpha value is 0.310. The average molecular weight is 473 g/mol. The molecule has 1 unspecified atom stereocenters. The van der Waals surface area contributed by atoms with Crippen molar-refractivity contribution in [3.05, 3.63) is 0 Å². The van der Waals surface area contributed by atoms with E-state index in [-0.39, 0.29) is 42.6 Å². The van der Waals surface area contributed by atoms with E-state index < -0.39 is 18.4 Å². The fraction of sp³-hybridized carbons (Fsp3) is 0.960. The van der Waals surface area contributed by atoms with Gasteiger partial charge in [-0.25, -0.2) is 0 Å². The van der Waals surface area contributed by atoms with Gasteiger partial charge in [0.15, 0.2) is 6.29 Å². The van der Waals surface area contributed by atoms with Crippen molar-refractivity contribution in [2.75, 3.05) is 6.61 Å². The maximum absolute atomic E-state index is 10.2. The van der Waals surface area contributed by atoms with E-state index in [9.17, 15) is 9.90 Å². The van der Waals surface area contributed by atoms with Crippen LogP contribution in [0.1, 0.15) is 136 Å². The first-order chi connectivity index (χ1) is 14.8. The Morgan fingerprint density at radius 2 is 1.00 bits per heavy atom. The summed E-state index contributed by atoms with van der Waals surface area (Å²) in [5.41, 5.74) is 0. The smallest absolute Gasteiger partial charge is 0.550 e. The predicted molar refractivity (Wildman–Crippen MR) is 126 cm³/mol. The summed E-state index contributed by atoms with van der Waals surface area (Å²) in [6.07, 6.45) is 19.5. The maximum Gasteiger partial charge on any atom is 1.00 e. The predicted octanol–water partition coefficient (Wildman–Crippen LogP) is 1.46. The molecule has 0 saturated carbocycles. The molecular formula is C25H53NaO6. The summed E-state index contributed by atoms with van der Waals surface area (Å²) >= 11 is 0. The minimum absolute atomic E-state index is 0. The Kier molecular flexibility index (Phi) is 44.3. The van der Waals surface area contributed by atoms with Crippen LogP contribution in [0.15, 0.2) is 0 Å². The van der Waals surface area contributed by atoms with Crippen molar-refractivity contribution in [3.8, 4) is 0 Å². The van der Waals surface area contributed by atoms with E-state index in [4.69, 9.17) is 20.4 Å². The summed E-state index contributed by atoms with van der Waals surface area (Å²) in [5, 5.41) is 42.4. The first-order valence-corrected chi connectivity index (χ1v) is 12.7. The van der Waals surface area contributed by atoms with E-state index in [0.717, 1.165) is 19.3 Å². The third-order valence-corrected chi connectivity index (χ3v) is 4.80. The Balaban J connectivity index is -0.000000269. The number of hydrogen-bond donors (Lipinski definition) is 4. The first-order valence-electron chi connectivity index (χ1n) is 12.7. The molecule has 0 saturated heterocycles. The molecule has 6 nitrogen and oxygen atoms in total. The number of aliphatic hydroxyl groups is 4. The summed E-state index contributed by atoms with van der Waals surface area (Å²) in [4.78, 5) is 10.2. The number of carbonyl (C=O) groups is 1. The summed E-state index contributed by atoms with van der Waals surface area (Å²) in [6, 6.07) is 0. The largest absolute Gasteiger partial charge is 1.00 e. The molecule has 1 atom stereocenters. The number of unbranched alkanes of at least 4 members (excludes halogenated alkanes) is 14. The molecule has 0 rings (SSSR count). The summed E-state index contributed by atoms with van der Waals surface area (Å²) < 4.78 is 0. The molecule has 32 heavy (non-hydrogen) atoms. The Morgan fingerprint density at radius 3 is 1.19 bits per heavy atom. The molecule has 0 aromatic carbocycles. The molecule has 0 spiro atoms. The fourth-order valence-corrected chi connectivity index (χ4v) is 2.90. The number of carbonyl (C=O) groups excluding carboxylic acids is 1. The molecule has 0 fully saturated rings. The van der Waals surface area contributed by atoms with Gasteiger partial charge in [-0.3, -0.25) is 0 Å². The molecule has 0 bridgehead atoms. The van der Waals surface area contributed by atoms with Gasteiger partial charge >= 0.3 is 29.6 Å². The number of hydrogen-bond acceptors (Lipinski definition) is 6. The molecule has 0 aliphatic heterocycles. The SMILES string of the molecule is CC(O)CO.CCCC(O)O.CCCCCCCCCCCCCCCCCC(=O)[O-].[Na+]. The van der Waals surface area contributed by atoms with Crippen molar-refractivity contribution in [2.24, 2.45) is 0 Å². The van der Waals surface area contributed by atoms with Gasteiger partial charge in [0.1, 0.15) is 0 Å². The normalized spacial score (nSPS) is 11.0. The van der Waals surface area contributed by atoms with Crippen LogP contribution in [-0.2, 0) is 4.79 Å². The molecule has 0 aromatic heterocycles. The molecule has 0 aliphatic rings. The van der Waals surface area contributed by atoms with Gasteiger partial charge in [0.25, 0.3) is 0 Å². The zero-order valence-electron chi connectivity index (χ0n) is 21.7.